The average Bonchev–Trinajstić information content (AvgIpc) is 3.06. The third-order valence-corrected chi connectivity index (χ3v) is 6.48. The van der Waals surface area contributed by atoms with Gasteiger partial charge in [-0.1, -0.05) is 31.9 Å². The van der Waals surface area contributed by atoms with Gasteiger partial charge in [-0.25, -0.2) is 0 Å². The van der Waals surface area contributed by atoms with Gasteiger partial charge in [-0.2, -0.15) is 8.78 Å². The van der Waals surface area contributed by atoms with Crippen molar-refractivity contribution in [2.45, 2.75) is 64.5 Å². The number of imide groups is 1. The number of nitrogens with zero attached hydrogens (tertiary/aromatic N) is 1. The molecular formula is C23H30BF2N3O4. The molecule has 0 atom stereocenters. The Kier molecular flexibility index (Phi) is 7.86. The Hall–Kier alpha value is -2.78. The SMILES string of the molecule is BC(=O)NC(=O)CCCN1Cc2cc(CNC(=O)C(F)(F)C3CCC(C)CC3)ccc2C1=O. The van der Waals surface area contributed by atoms with Crippen molar-refractivity contribution < 1.29 is 28.0 Å². The van der Waals surface area contributed by atoms with Gasteiger partial charge in [0, 0.05) is 37.5 Å². The summed E-state index contributed by atoms with van der Waals surface area (Å²) in [7, 11) is 1.26. The summed E-state index contributed by atoms with van der Waals surface area (Å²) in [6.45, 7) is 2.71. The number of carbonyl (C=O) groups excluding carboxylic acids is 4. The van der Waals surface area contributed by atoms with Crippen LogP contribution in [0.1, 0.15) is 66.9 Å². The van der Waals surface area contributed by atoms with Gasteiger partial charge in [-0.05, 0) is 42.4 Å². The third-order valence-electron chi connectivity index (χ3n) is 6.48. The number of benzene rings is 1. The van der Waals surface area contributed by atoms with Gasteiger partial charge in [0.15, 0.2) is 5.81 Å². The Labute approximate surface area is 193 Å². The number of amides is 4. The van der Waals surface area contributed by atoms with Crippen molar-refractivity contribution in [2.75, 3.05) is 6.54 Å². The van der Waals surface area contributed by atoms with E-state index < -0.39 is 23.6 Å². The second kappa shape index (κ2) is 10.4. The topological polar surface area (TPSA) is 95.6 Å². The lowest BCUT2D eigenvalue weighted by atomic mass is 9.79. The molecule has 2 aliphatic rings. The normalized spacial score (nSPS) is 20.3. The highest BCUT2D eigenvalue weighted by Crippen LogP contribution is 2.38. The third kappa shape index (κ3) is 6.18. The Morgan fingerprint density at radius 3 is 2.55 bits per heavy atom. The number of hydrogen-bond acceptors (Lipinski definition) is 4. The van der Waals surface area contributed by atoms with Crippen LogP contribution in [0.15, 0.2) is 18.2 Å². The molecule has 1 fully saturated rings. The molecule has 0 radical (unpaired) electrons. The van der Waals surface area contributed by atoms with Crippen LogP contribution in [0.25, 0.3) is 0 Å². The zero-order chi connectivity index (χ0) is 24.2. The maximum absolute atomic E-state index is 14.6. The van der Waals surface area contributed by atoms with Crippen LogP contribution < -0.4 is 10.6 Å². The number of nitrogens with one attached hydrogen (secondary N) is 2. The minimum Gasteiger partial charge on any atom is -0.347 e. The minimum atomic E-state index is -3.39. The predicted octanol–water partition coefficient (Wildman–Crippen LogP) is 2.37. The van der Waals surface area contributed by atoms with Gasteiger partial charge in [0.05, 0.1) is 0 Å². The molecule has 0 unspecified atom stereocenters. The van der Waals surface area contributed by atoms with E-state index in [0.29, 0.717) is 62.2 Å². The van der Waals surface area contributed by atoms with E-state index in [2.05, 4.69) is 10.6 Å². The molecule has 1 aliphatic carbocycles. The summed E-state index contributed by atoms with van der Waals surface area (Å²) in [5, 5.41) is 4.56. The summed E-state index contributed by atoms with van der Waals surface area (Å²) in [6.07, 6.45) is 2.68. The fourth-order valence-electron chi connectivity index (χ4n) is 4.52. The Morgan fingerprint density at radius 1 is 1.18 bits per heavy atom. The molecule has 0 spiro atoms. The number of alkyl halides is 2. The van der Waals surface area contributed by atoms with Crippen LogP contribution in [0.5, 0.6) is 0 Å². The molecule has 1 aliphatic heterocycles. The summed E-state index contributed by atoms with van der Waals surface area (Å²) in [4.78, 5) is 48.8. The molecule has 7 nitrogen and oxygen atoms in total. The van der Waals surface area contributed by atoms with Crippen molar-refractivity contribution in [2.24, 2.45) is 11.8 Å². The number of fused-ring (bicyclic) bond motifs is 1. The largest absolute Gasteiger partial charge is 0.347 e. The number of hydrogen-bond donors (Lipinski definition) is 2. The van der Waals surface area contributed by atoms with E-state index in [1.807, 2.05) is 6.92 Å². The minimum absolute atomic E-state index is 0.0375. The summed E-state index contributed by atoms with van der Waals surface area (Å²) >= 11 is 0. The van der Waals surface area contributed by atoms with Gasteiger partial charge in [0.2, 0.25) is 13.8 Å². The highest BCUT2D eigenvalue weighted by Gasteiger charge is 2.47. The van der Waals surface area contributed by atoms with Crippen molar-refractivity contribution in [1.29, 1.82) is 0 Å². The van der Waals surface area contributed by atoms with Gasteiger partial charge >= 0.3 is 5.92 Å². The van der Waals surface area contributed by atoms with Crippen LogP contribution in [-0.2, 0) is 22.7 Å². The van der Waals surface area contributed by atoms with Crippen LogP contribution in [0.3, 0.4) is 0 Å². The molecule has 3 rings (SSSR count). The van der Waals surface area contributed by atoms with Gasteiger partial charge in [-0.3, -0.25) is 19.2 Å². The molecule has 4 amide bonds. The first-order valence-corrected chi connectivity index (χ1v) is 11.5. The molecule has 0 saturated heterocycles. The van der Waals surface area contributed by atoms with Gasteiger partial charge in [0.1, 0.15) is 0 Å². The first kappa shape index (κ1) is 24.9. The Balaban J connectivity index is 1.51. The predicted molar refractivity (Wildman–Crippen MR) is 120 cm³/mol. The molecule has 33 heavy (non-hydrogen) atoms. The summed E-state index contributed by atoms with van der Waals surface area (Å²) in [5.41, 5.74) is 1.93. The van der Waals surface area contributed by atoms with Crippen molar-refractivity contribution >= 4 is 31.4 Å². The average molecular weight is 461 g/mol. The number of carbonyl (C=O) groups is 4. The molecule has 1 heterocycles. The molecular weight excluding hydrogens is 431 g/mol. The van der Waals surface area contributed by atoms with Crippen LogP contribution >= 0.6 is 0 Å². The number of rotatable bonds is 8. The summed E-state index contributed by atoms with van der Waals surface area (Å²) in [5.74, 6) is -6.10. The zero-order valence-corrected chi connectivity index (χ0v) is 19.1. The summed E-state index contributed by atoms with van der Waals surface area (Å²) in [6, 6.07) is 5.04. The molecule has 2 N–H and O–H groups in total. The smallest absolute Gasteiger partial charge is 0.327 e. The fourth-order valence-corrected chi connectivity index (χ4v) is 4.52. The van der Waals surface area contributed by atoms with Crippen molar-refractivity contribution in [3.63, 3.8) is 0 Å². The molecule has 1 aromatic carbocycles. The standard InChI is InChI=1S/C23H30BF2N3O4/c1-14-4-7-17(8-5-14)23(25,26)21(32)27-12-15-6-9-18-16(11-15)13-29(20(18)31)10-2-3-19(30)28-22(24)33/h6,9,11,14,17H,2-5,7-8,10,12-13,24H2,1H3,(H,27,32)(H,28,30,33). The van der Waals surface area contributed by atoms with E-state index >= 15 is 0 Å². The lowest BCUT2D eigenvalue weighted by molar-refractivity contribution is -0.156. The van der Waals surface area contributed by atoms with Gasteiger partial charge < -0.3 is 15.5 Å². The van der Waals surface area contributed by atoms with Crippen LogP contribution in [0.2, 0.25) is 0 Å². The lowest BCUT2D eigenvalue weighted by Gasteiger charge is -2.31. The van der Waals surface area contributed by atoms with Crippen LogP contribution in [0, 0.1) is 11.8 Å². The van der Waals surface area contributed by atoms with E-state index in [1.165, 1.54) is 7.85 Å². The van der Waals surface area contributed by atoms with E-state index in [-0.39, 0.29) is 24.8 Å². The van der Waals surface area contributed by atoms with E-state index in [9.17, 15) is 28.0 Å². The molecule has 1 aromatic rings. The lowest BCUT2D eigenvalue weighted by Crippen LogP contribution is -2.46. The molecule has 10 heteroatoms. The zero-order valence-electron chi connectivity index (χ0n) is 19.1. The first-order valence-electron chi connectivity index (χ1n) is 11.5. The maximum atomic E-state index is 14.6. The number of halogens is 2. The highest BCUT2D eigenvalue weighted by atomic mass is 19.3. The van der Waals surface area contributed by atoms with Crippen molar-refractivity contribution in [3.8, 4) is 0 Å². The van der Waals surface area contributed by atoms with E-state index in [4.69, 9.17) is 0 Å². The van der Waals surface area contributed by atoms with Crippen molar-refractivity contribution in [3.05, 3.63) is 34.9 Å². The fraction of sp³-hybridized carbons (Fsp3) is 0.565. The quantitative estimate of drug-likeness (QED) is 0.582. The second-order valence-corrected chi connectivity index (χ2v) is 9.19. The first-order chi connectivity index (χ1) is 15.6. The molecule has 0 aromatic heterocycles. The Morgan fingerprint density at radius 2 is 1.88 bits per heavy atom. The van der Waals surface area contributed by atoms with E-state index in [0.717, 1.165) is 5.56 Å². The second-order valence-electron chi connectivity index (χ2n) is 9.19. The molecule has 1 saturated carbocycles. The van der Waals surface area contributed by atoms with Crippen LogP contribution in [0.4, 0.5) is 13.6 Å². The molecule has 178 valence electrons. The Bertz CT molecular complexity index is 932. The van der Waals surface area contributed by atoms with E-state index in [1.54, 1.807) is 23.1 Å². The summed E-state index contributed by atoms with van der Waals surface area (Å²) < 4.78 is 29.2. The highest BCUT2D eigenvalue weighted by molar-refractivity contribution is 6.58. The van der Waals surface area contributed by atoms with Gasteiger partial charge in [0.25, 0.3) is 11.8 Å². The van der Waals surface area contributed by atoms with Crippen molar-refractivity contribution in [1.82, 2.24) is 15.5 Å². The monoisotopic (exact) mass is 461 g/mol. The van der Waals surface area contributed by atoms with Gasteiger partial charge in [-0.15, -0.1) is 0 Å². The molecule has 0 bridgehead atoms. The maximum Gasteiger partial charge on any atom is 0.327 e. The van der Waals surface area contributed by atoms with Crippen LogP contribution in [-0.4, -0.2) is 48.7 Å².